The molecule has 86 valence electrons. The molecule has 0 spiro atoms. The van der Waals surface area contributed by atoms with E-state index in [0.717, 1.165) is 13.1 Å². The Hall–Kier alpha value is -0.420. The van der Waals surface area contributed by atoms with Crippen LogP contribution >= 0.6 is 11.3 Å². The van der Waals surface area contributed by atoms with E-state index >= 15 is 0 Å². The van der Waals surface area contributed by atoms with Crippen molar-refractivity contribution >= 4 is 11.3 Å². The Morgan fingerprint density at radius 3 is 2.93 bits per heavy atom. The smallest absolute Gasteiger partial charge is 0.0639 e. The number of aliphatic hydroxyl groups excluding tert-OH is 1. The Labute approximate surface area is 95.3 Å². The van der Waals surface area contributed by atoms with Crippen LogP contribution < -0.4 is 0 Å². The number of hydrogen-bond acceptors (Lipinski definition) is 4. The molecular formula is C11H19NO2S. The molecule has 1 aromatic heterocycles. The molecule has 0 fully saturated rings. The molecule has 1 unspecified atom stereocenters. The molecule has 0 aliphatic carbocycles. The number of hydrogen-bond donors (Lipinski definition) is 1. The van der Waals surface area contributed by atoms with Crippen molar-refractivity contribution < 1.29 is 9.84 Å². The van der Waals surface area contributed by atoms with Gasteiger partial charge >= 0.3 is 0 Å². The fraction of sp³-hybridized carbons (Fsp3) is 0.636. The highest BCUT2D eigenvalue weighted by molar-refractivity contribution is 7.07. The highest BCUT2D eigenvalue weighted by Gasteiger charge is 2.08. The van der Waals surface area contributed by atoms with Gasteiger partial charge in [0.15, 0.2) is 0 Å². The molecule has 3 nitrogen and oxygen atoms in total. The fourth-order valence-corrected chi connectivity index (χ4v) is 2.13. The van der Waals surface area contributed by atoms with Crippen molar-refractivity contribution in [1.82, 2.24) is 4.90 Å². The zero-order valence-corrected chi connectivity index (χ0v) is 10.2. The highest BCUT2D eigenvalue weighted by atomic mass is 32.1. The quantitative estimate of drug-likeness (QED) is 0.770. The average molecular weight is 229 g/mol. The van der Waals surface area contributed by atoms with Crippen LogP contribution in [0.5, 0.6) is 0 Å². The van der Waals surface area contributed by atoms with E-state index in [0.29, 0.717) is 13.2 Å². The first-order valence-electron chi connectivity index (χ1n) is 5.13. The molecular weight excluding hydrogens is 210 g/mol. The molecule has 4 heteroatoms. The number of methoxy groups -OCH3 is 1. The third-order valence-corrected chi connectivity index (χ3v) is 2.85. The Morgan fingerprint density at radius 2 is 2.40 bits per heavy atom. The maximum absolute atomic E-state index is 9.37. The van der Waals surface area contributed by atoms with E-state index in [1.807, 2.05) is 6.92 Å². The topological polar surface area (TPSA) is 32.7 Å². The monoisotopic (exact) mass is 229 g/mol. The summed E-state index contributed by atoms with van der Waals surface area (Å²) in [6.45, 7) is 4.96. The molecule has 0 bridgehead atoms. The van der Waals surface area contributed by atoms with Crippen LogP contribution in [-0.2, 0) is 11.3 Å². The van der Waals surface area contributed by atoms with Gasteiger partial charge in [0.25, 0.3) is 0 Å². The molecule has 0 saturated heterocycles. The minimum absolute atomic E-state index is 0.291. The summed E-state index contributed by atoms with van der Waals surface area (Å²) in [7, 11) is 1.70. The lowest BCUT2D eigenvalue weighted by Gasteiger charge is -2.22. The van der Waals surface area contributed by atoms with Gasteiger partial charge < -0.3 is 9.84 Å². The SMILES string of the molecule is COCCN(Cc1ccsc1)CC(C)O. The number of ether oxygens (including phenoxy) is 1. The summed E-state index contributed by atoms with van der Waals surface area (Å²) in [4.78, 5) is 2.20. The molecule has 0 saturated carbocycles. The first kappa shape index (κ1) is 12.6. The minimum atomic E-state index is -0.291. The van der Waals surface area contributed by atoms with Gasteiger partial charge in [-0.2, -0.15) is 11.3 Å². The van der Waals surface area contributed by atoms with E-state index in [-0.39, 0.29) is 6.10 Å². The fourth-order valence-electron chi connectivity index (χ4n) is 1.47. The Bertz CT molecular complexity index is 249. The molecule has 15 heavy (non-hydrogen) atoms. The van der Waals surface area contributed by atoms with Gasteiger partial charge in [0.1, 0.15) is 0 Å². The van der Waals surface area contributed by atoms with Crippen molar-refractivity contribution in [2.24, 2.45) is 0 Å². The van der Waals surface area contributed by atoms with Gasteiger partial charge in [0, 0.05) is 26.7 Å². The number of aliphatic hydroxyl groups is 1. The Kier molecular flexibility index (Phi) is 5.86. The average Bonchev–Trinajstić information content (AvgIpc) is 2.66. The van der Waals surface area contributed by atoms with Crippen LogP contribution in [0.3, 0.4) is 0 Å². The van der Waals surface area contributed by atoms with Crippen molar-refractivity contribution in [3.63, 3.8) is 0 Å². The molecule has 0 amide bonds. The highest BCUT2D eigenvalue weighted by Crippen LogP contribution is 2.09. The Morgan fingerprint density at radius 1 is 1.60 bits per heavy atom. The van der Waals surface area contributed by atoms with E-state index in [1.54, 1.807) is 18.4 Å². The molecule has 0 aliphatic heterocycles. The maximum Gasteiger partial charge on any atom is 0.0639 e. The Balaban J connectivity index is 2.41. The maximum atomic E-state index is 9.37. The molecule has 1 N–H and O–H groups in total. The van der Waals surface area contributed by atoms with Crippen LogP contribution in [0.4, 0.5) is 0 Å². The summed E-state index contributed by atoms with van der Waals surface area (Å²) in [6.07, 6.45) is -0.291. The largest absolute Gasteiger partial charge is 0.392 e. The second-order valence-electron chi connectivity index (χ2n) is 3.71. The van der Waals surface area contributed by atoms with E-state index in [1.165, 1.54) is 5.56 Å². The second kappa shape index (κ2) is 6.95. The summed E-state index contributed by atoms with van der Waals surface area (Å²) in [6, 6.07) is 2.12. The molecule has 0 aliphatic rings. The zero-order valence-electron chi connectivity index (χ0n) is 9.35. The normalized spacial score (nSPS) is 13.3. The molecule has 1 atom stereocenters. The lowest BCUT2D eigenvalue weighted by Crippen LogP contribution is -2.33. The van der Waals surface area contributed by atoms with Crippen LogP contribution in [0.1, 0.15) is 12.5 Å². The predicted octanol–water partition coefficient (Wildman–Crippen LogP) is 1.58. The standard InChI is InChI=1S/C11H19NO2S/c1-10(13)7-12(4-5-14-2)8-11-3-6-15-9-11/h3,6,9-10,13H,4-5,7-8H2,1-2H3. The zero-order chi connectivity index (χ0) is 11.1. The third kappa shape index (κ3) is 5.28. The van der Waals surface area contributed by atoms with Crippen molar-refractivity contribution in [2.75, 3.05) is 26.8 Å². The van der Waals surface area contributed by atoms with Crippen LogP contribution in [0, 0.1) is 0 Å². The van der Waals surface area contributed by atoms with Gasteiger partial charge in [-0.05, 0) is 29.3 Å². The van der Waals surface area contributed by atoms with Crippen LogP contribution in [0.25, 0.3) is 0 Å². The molecule has 0 radical (unpaired) electrons. The molecule has 0 aromatic carbocycles. The van der Waals surface area contributed by atoms with Crippen molar-refractivity contribution in [3.05, 3.63) is 22.4 Å². The van der Waals surface area contributed by atoms with E-state index in [2.05, 4.69) is 21.7 Å². The van der Waals surface area contributed by atoms with Gasteiger partial charge in [-0.1, -0.05) is 0 Å². The van der Waals surface area contributed by atoms with Gasteiger partial charge in [0.2, 0.25) is 0 Å². The van der Waals surface area contributed by atoms with Crippen molar-refractivity contribution in [1.29, 1.82) is 0 Å². The van der Waals surface area contributed by atoms with Crippen molar-refractivity contribution in [3.8, 4) is 0 Å². The summed E-state index contributed by atoms with van der Waals surface area (Å²) < 4.78 is 5.05. The lowest BCUT2D eigenvalue weighted by molar-refractivity contribution is 0.0940. The number of rotatable bonds is 7. The van der Waals surface area contributed by atoms with Gasteiger partial charge in [0.05, 0.1) is 12.7 Å². The van der Waals surface area contributed by atoms with Gasteiger partial charge in [-0.15, -0.1) is 0 Å². The van der Waals surface area contributed by atoms with E-state index in [9.17, 15) is 5.11 Å². The summed E-state index contributed by atoms with van der Waals surface area (Å²) >= 11 is 1.70. The van der Waals surface area contributed by atoms with Gasteiger partial charge in [-0.3, -0.25) is 4.90 Å². The molecule has 1 rings (SSSR count). The molecule has 1 heterocycles. The summed E-state index contributed by atoms with van der Waals surface area (Å²) in [5.41, 5.74) is 1.30. The second-order valence-corrected chi connectivity index (χ2v) is 4.49. The van der Waals surface area contributed by atoms with E-state index < -0.39 is 0 Å². The van der Waals surface area contributed by atoms with Crippen LogP contribution in [0.2, 0.25) is 0 Å². The predicted molar refractivity (Wildman–Crippen MR) is 63.2 cm³/mol. The first-order valence-corrected chi connectivity index (χ1v) is 6.07. The number of thiophene rings is 1. The van der Waals surface area contributed by atoms with Crippen LogP contribution in [0.15, 0.2) is 16.8 Å². The first-order chi connectivity index (χ1) is 7.22. The minimum Gasteiger partial charge on any atom is -0.392 e. The molecule has 1 aromatic rings. The summed E-state index contributed by atoms with van der Waals surface area (Å²) in [5.74, 6) is 0. The number of nitrogens with zero attached hydrogens (tertiary/aromatic N) is 1. The van der Waals surface area contributed by atoms with E-state index in [4.69, 9.17) is 4.74 Å². The lowest BCUT2D eigenvalue weighted by atomic mass is 10.3. The van der Waals surface area contributed by atoms with Crippen molar-refractivity contribution in [2.45, 2.75) is 19.6 Å². The van der Waals surface area contributed by atoms with Crippen LogP contribution in [-0.4, -0.2) is 42.9 Å². The third-order valence-electron chi connectivity index (χ3n) is 2.12. The van der Waals surface area contributed by atoms with Gasteiger partial charge in [-0.25, -0.2) is 0 Å². The summed E-state index contributed by atoms with van der Waals surface area (Å²) in [5, 5.41) is 13.6.